The highest BCUT2D eigenvalue weighted by Gasteiger charge is 2.30. The van der Waals surface area contributed by atoms with Crippen LogP contribution >= 0.6 is 11.3 Å². The fourth-order valence-corrected chi connectivity index (χ4v) is 3.87. The molecule has 146 valence electrons. The molecule has 1 amide bonds. The van der Waals surface area contributed by atoms with Crippen LogP contribution < -0.4 is 11.3 Å². The highest BCUT2D eigenvalue weighted by atomic mass is 32.1. The second kappa shape index (κ2) is 8.12. The van der Waals surface area contributed by atoms with Gasteiger partial charge in [0.1, 0.15) is 0 Å². The van der Waals surface area contributed by atoms with E-state index in [1.807, 2.05) is 24.3 Å². The Labute approximate surface area is 163 Å². The zero-order chi connectivity index (χ0) is 20.3. The Morgan fingerprint density at radius 3 is 2.39 bits per heavy atom. The number of carbonyl (C=O) groups is 2. The molecule has 0 unspecified atom stereocenters. The molecule has 0 spiro atoms. The molecule has 0 saturated carbocycles. The van der Waals surface area contributed by atoms with E-state index in [1.54, 1.807) is 11.3 Å². The van der Waals surface area contributed by atoms with E-state index < -0.39 is 11.7 Å². The van der Waals surface area contributed by atoms with Crippen molar-refractivity contribution in [1.29, 1.82) is 0 Å². The summed E-state index contributed by atoms with van der Waals surface area (Å²) < 4.78 is 38.9. The fraction of sp³-hybridized carbons (Fsp3) is 0.200. The molecule has 0 aliphatic heterocycles. The summed E-state index contributed by atoms with van der Waals surface area (Å²) in [5.74, 6) is 4.59. The number of carbonyl (C=O) groups excluding carboxylic acids is 2. The second-order valence-corrected chi connectivity index (χ2v) is 7.50. The number of fused-ring (bicyclic) bond motifs is 1. The number of alkyl halides is 3. The van der Waals surface area contributed by atoms with E-state index in [9.17, 15) is 22.8 Å². The Kier molecular flexibility index (Phi) is 5.81. The SMILES string of the molecule is NNC(=O)CCc1cc2cc(CC(=O)c3ccc(C(F)(F)F)cc3)ccc2s1. The average molecular weight is 406 g/mol. The molecule has 3 aromatic rings. The molecular formula is C20H17F3N2O2S. The minimum atomic E-state index is -4.42. The lowest BCUT2D eigenvalue weighted by Gasteiger charge is -2.07. The molecule has 0 fully saturated rings. The smallest absolute Gasteiger partial charge is 0.294 e. The summed E-state index contributed by atoms with van der Waals surface area (Å²) in [5.41, 5.74) is 2.34. The van der Waals surface area contributed by atoms with Crippen LogP contribution in [0.5, 0.6) is 0 Å². The number of ketones is 1. The lowest BCUT2D eigenvalue weighted by atomic mass is 10.0. The van der Waals surface area contributed by atoms with Gasteiger partial charge in [-0.3, -0.25) is 15.0 Å². The van der Waals surface area contributed by atoms with E-state index >= 15 is 0 Å². The summed E-state index contributed by atoms with van der Waals surface area (Å²) >= 11 is 1.57. The van der Waals surface area contributed by atoms with Gasteiger partial charge in [0, 0.05) is 28.0 Å². The van der Waals surface area contributed by atoms with E-state index in [0.29, 0.717) is 12.8 Å². The van der Waals surface area contributed by atoms with Crippen LogP contribution in [0.1, 0.15) is 32.8 Å². The number of hydrogen-bond acceptors (Lipinski definition) is 4. The molecule has 1 heterocycles. The van der Waals surface area contributed by atoms with Gasteiger partial charge in [-0.2, -0.15) is 13.2 Å². The van der Waals surface area contributed by atoms with E-state index in [2.05, 4.69) is 5.43 Å². The highest BCUT2D eigenvalue weighted by Crippen LogP contribution is 2.30. The minimum Gasteiger partial charge on any atom is -0.294 e. The Balaban J connectivity index is 1.71. The predicted molar refractivity (Wildman–Crippen MR) is 102 cm³/mol. The number of hydrogen-bond donors (Lipinski definition) is 2. The molecular weight excluding hydrogens is 389 g/mol. The maximum Gasteiger partial charge on any atom is 0.416 e. The molecule has 1 aromatic heterocycles. The van der Waals surface area contributed by atoms with Crippen LogP contribution in [0.15, 0.2) is 48.5 Å². The first-order valence-corrected chi connectivity index (χ1v) is 9.29. The van der Waals surface area contributed by atoms with Crippen molar-refractivity contribution in [1.82, 2.24) is 5.43 Å². The van der Waals surface area contributed by atoms with Crippen molar-refractivity contribution < 1.29 is 22.8 Å². The summed E-state index contributed by atoms with van der Waals surface area (Å²) in [4.78, 5) is 24.7. The quantitative estimate of drug-likeness (QED) is 0.278. The van der Waals surface area contributed by atoms with E-state index in [4.69, 9.17) is 5.84 Å². The van der Waals surface area contributed by atoms with Gasteiger partial charge in [0.2, 0.25) is 5.91 Å². The van der Waals surface area contributed by atoms with Gasteiger partial charge < -0.3 is 0 Å². The molecule has 8 heteroatoms. The third-order valence-electron chi connectivity index (χ3n) is 4.29. The van der Waals surface area contributed by atoms with Crippen molar-refractivity contribution in [3.05, 3.63) is 70.1 Å². The van der Waals surface area contributed by atoms with E-state index in [0.717, 1.165) is 32.7 Å². The zero-order valence-corrected chi connectivity index (χ0v) is 15.5. The van der Waals surface area contributed by atoms with Crippen LogP contribution in [0.3, 0.4) is 0 Å². The van der Waals surface area contributed by atoms with Gasteiger partial charge in [-0.15, -0.1) is 11.3 Å². The largest absolute Gasteiger partial charge is 0.416 e. The van der Waals surface area contributed by atoms with Gasteiger partial charge >= 0.3 is 6.18 Å². The first-order valence-electron chi connectivity index (χ1n) is 8.47. The summed E-state index contributed by atoms with van der Waals surface area (Å²) in [6.07, 6.45) is -3.46. The number of nitrogens with two attached hydrogens (primary N) is 1. The van der Waals surface area contributed by atoms with Crippen LogP contribution in [0.25, 0.3) is 10.1 Å². The number of rotatable bonds is 6. The molecule has 0 bridgehead atoms. The predicted octanol–water partition coefficient (Wildman–Crippen LogP) is 4.27. The maximum atomic E-state index is 12.6. The van der Waals surface area contributed by atoms with Crippen LogP contribution in [0, 0.1) is 0 Å². The molecule has 0 atom stereocenters. The third-order valence-corrected chi connectivity index (χ3v) is 5.47. The van der Waals surface area contributed by atoms with Gasteiger partial charge in [0.25, 0.3) is 0 Å². The molecule has 0 aliphatic rings. The molecule has 3 N–H and O–H groups in total. The van der Waals surface area contributed by atoms with Crippen molar-refractivity contribution in [3.8, 4) is 0 Å². The number of hydrazine groups is 1. The standard InChI is InChI=1S/C20H17F3N2O2S/c21-20(22,23)15-4-2-13(3-5-15)17(26)10-12-1-7-18-14(9-12)11-16(28-18)6-8-19(27)25-24/h1-5,7,9,11H,6,8,10,24H2,(H,25,27). The molecule has 3 rings (SSSR count). The molecule has 4 nitrogen and oxygen atoms in total. The first kappa shape index (κ1) is 20.0. The summed E-state index contributed by atoms with van der Waals surface area (Å²) in [7, 11) is 0. The van der Waals surface area contributed by atoms with Gasteiger partial charge in [0.15, 0.2) is 5.78 Å². The lowest BCUT2D eigenvalue weighted by molar-refractivity contribution is -0.137. The van der Waals surface area contributed by atoms with Crippen molar-refractivity contribution in [3.63, 3.8) is 0 Å². The number of thiophene rings is 1. The average Bonchev–Trinajstić information content (AvgIpc) is 3.07. The van der Waals surface area contributed by atoms with Gasteiger partial charge in [-0.05, 0) is 47.7 Å². The van der Waals surface area contributed by atoms with Gasteiger partial charge in [-0.25, -0.2) is 5.84 Å². The van der Waals surface area contributed by atoms with Crippen LogP contribution in [0.4, 0.5) is 13.2 Å². The van der Waals surface area contributed by atoms with Crippen molar-refractivity contribution in [2.24, 2.45) is 5.84 Å². The van der Waals surface area contributed by atoms with Gasteiger partial charge in [0.05, 0.1) is 5.56 Å². The number of aryl methyl sites for hydroxylation is 1. The van der Waals surface area contributed by atoms with Crippen LogP contribution in [-0.4, -0.2) is 11.7 Å². The molecule has 0 aliphatic carbocycles. The normalized spacial score (nSPS) is 11.6. The summed E-state index contributed by atoms with van der Waals surface area (Å²) in [6, 6.07) is 11.8. The van der Waals surface area contributed by atoms with Crippen molar-refractivity contribution in [2.75, 3.05) is 0 Å². The number of Topliss-reactive ketones (excluding diaryl/α,β-unsaturated/α-hetero) is 1. The minimum absolute atomic E-state index is 0.0993. The zero-order valence-electron chi connectivity index (χ0n) is 14.7. The second-order valence-electron chi connectivity index (χ2n) is 6.33. The van der Waals surface area contributed by atoms with E-state index in [1.165, 1.54) is 12.1 Å². The first-order chi connectivity index (χ1) is 13.3. The number of halogens is 3. The fourth-order valence-electron chi connectivity index (χ4n) is 2.82. The Morgan fingerprint density at radius 1 is 1.04 bits per heavy atom. The lowest BCUT2D eigenvalue weighted by Crippen LogP contribution is -2.29. The number of amides is 1. The van der Waals surface area contributed by atoms with Crippen molar-refractivity contribution in [2.45, 2.75) is 25.4 Å². The Bertz CT molecular complexity index is 1010. The van der Waals surface area contributed by atoms with Crippen molar-refractivity contribution >= 4 is 33.1 Å². The Hall–Kier alpha value is -2.71. The molecule has 28 heavy (non-hydrogen) atoms. The number of benzene rings is 2. The third kappa shape index (κ3) is 4.76. The molecule has 2 aromatic carbocycles. The Morgan fingerprint density at radius 2 is 1.75 bits per heavy atom. The number of nitrogens with one attached hydrogen (secondary N) is 1. The van der Waals surface area contributed by atoms with E-state index in [-0.39, 0.29) is 23.7 Å². The van der Waals surface area contributed by atoms with Gasteiger partial charge in [-0.1, -0.05) is 18.2 Å². The molecule has 0 saturated heterocycles. The highest BCUT2D eigenvalue weighted by molar-refractivity contribution is 7.19. The summed E-state index contributed by atoms with van der Waals surface area (Å²) in [5, 5.41) is 0.964. The maximum absolute atomic E-state index is 12.6. The monoisotopic (exact) mass is 406 g/mol. The van der Waals surface area contributed by atoms with Crippen LogP contribution in [0.2, 0.25) is 0 Å². The van der Waals surface area contributed by atoms with Crippen LogP contribution in [-0.2, 0) is 23.8 Å². The topological polar surface area (TPSA) is 72.2 Å². The summed E-state index contributed by atoms with van der Waals surface area (Å²) in [6.45, 7) is 0. The molecule has 0 radical (unpaired) electrons.